The van der Waals surface area contributed by atoms with E-state index < -0.39 is 231 Å². The fourth-order valence-corrected chi connectivity index (χ4v) is 7.75. The number of nitrogens with two attached hydrogens (primary N) is 2. The molecule has 1 heterocycles. The number of rotatable bonds is 36. The van der Waals surface area contributed by atoms with E-state index in [0.717, 1.165) is 18.7 Å². The van der Waals surface area contributed by atoms with Gasteiger partial charge in [0.1, 0.15) is 54.4 Å². The first kappa shape index (κ1) is 70.6. The van der Waals surface area contributed by atoms with Crippen LogP contribution in [0, 0.1) is 0 Å². The molecule has 80 heavy (non-hydrogen) atoms. The topological polar surface area (TPSA) is 581 Å². The molecule has 13 atom stereocenters. The van der Waals surface area contributed by atoms with Crippen LogP contribution in [0.4, 0.5) is 0 Å². The number of aliphatic carboxylic acids is 4. The largest absolute Gasteiger partial charge is 0.481 e. The number of carboxylic acid groups (broad SMARTS) is 4. The molecule has 21 N–H and O–H groups in total. The third kappa shape index (κ3) is 23.5. The maximum atomic E-state index is 14.2. The number of hydrogen-bond donors (Lipinski definition) is 21. The molecule has 0 spiro atoms. The number of carbonyl (C=O) groups excluding carboxylic acids is 11. The van der Waals surface area contributed by atoms with Crippen molar-refractivity contribution in [1.82, 2.24) is 52.8 Å². The van der Waals surface area contributed by atoms with Gasteiger partial charge in [-0.1, -0.05) is 0 Å². The summed E-state index contributed by atoms with van der Waals surface area (Å²) < 4.78 is 0. The van der Waals surface area contributed by atoms with Gasteiger partial charge >= 0.3 is 23.9 Å². The fraction of sp³-hybridized carbons (Fsp3) is 0.651. The van der Waals surface area contributed by atoms with Crippen molar-refractivity contribution in [2.75, 3.05) is 31.3 Å². The number of aliphatic hydroxyl groups excluding tert-OH is 4. The van der Waals surface area contributed by atoms with Crippen LogP contribution in [0.2, 0.25) is 0 Å². The van der Waals surface area contributed by atoms with Crippen molar-refractivity contribution in [2.24, 2.45) is 11.5 Å². The molecule has 1 fully saturated rings. The van der Waals surface area contributed by atoms with E-state index >= 15 is 0 Å². The minimum Gasteiger partial charge on any atom is -0.481 e. The van der Waals surface area contributed by atoms with Gasteiger partial charge in [-0.2, -0.15) is 25.3 Å². The Kier molecular flexibility index (Phi) is 30.5. The summed E-state index contributed by atoms with van der Waals surface area (Å²) in [6.45, 7) is -0.509. The highest BCUT2D eigenvalue weighted by molar-refractivity contribution is 7.80. The maximum Gasteiger partial charge on any atom is 0.328 e. The van der Waals surface area contributed by atoms with E-state index in [-0.39, 0.29) is 19.4 Å². The molecule has 0 radical (unpaired) electrons. The number of carbonyl (C=O) groups is 15. The molecule has 0 bridgehead atoms. The lowest BCUT2D eigenvalue weighted by molar-refractivity contribution is -0.145. The molecule has 11 amide bonds. The van der Waals surface area contributed by atoms with Crippen LogP contribution in [0.1, 0.15) is 65.2 Å². The van der Waals surface area contributed by atoms with E-state index in [4.69, 9.17) is 16.6 Å². The fourth-order valence-electron chi connectivity index (χ4n) is 7.23. The minimum atomic E-state index is -2.05. The second-order valence-corrected chi connectivity index (χ2v) is 18.6. The number of likely N-dealkylation sites (tertiary alicyclic amines) is 1. The Labute approximate surface area is 465 Å². The number of thiol groups is 2. The van der Waals surface area contributed by atoms with Gasteiger partial charge in [0, 0.05) is 30.9 Å². The number of nitrogens with one attached hydrogen (secondary N) is 9. The molecular weight excluding hydrogens is 1120 g/mol. The van der Waals surface area contributed by atoms with E-state index in [9.17, 15) is 108 Å². The summed E-state index contributed by atoms with van der Waals surface area (Å²) >= 11 is 7.93. The summed E-state index contributed by atoms with van der Waals surface area (Å²) in [5.74, 6) is -20.5. The van der Waals surface area contributed by atoms with E-state index in [1.807, 2.05) is 10.6 Å². The summed E-state index contributed by atoms with van der Waals surface area (Å²) in [4.78, 5) is 192. The zero-order valence-corrected chi connectivity index (χ0v) is 44.7. The lowest BCUT2D eigenvalue weighted by Gasteiger charge is -2.31. The molecule has 0 saturated carbocycles. The molecule has 0 aromatic rings. The number of primary amides is 1. The molecule has 1 saturated heterocycles. The van der Waals surface area contributed by atoms with Crippen molar-refractivity contribution in [3.05, 3.63) is 0 Å². The summed E-state index contributed by atoms with van der Waals surface area (Å²) in [5, 5.41) is 96.0. The van der Waals surface area contributed by atoms with Crippen LogP contribution >= 0.6 is 25.3 Å². The van der Waals surface area contributed by atoms with Crippen molar-refractivity contribution in [3.8, 4) is 0 Å². The van der Waals surface area contributed by atoms with Crippen LogP contribution in [0.25, 0.3) is 0 Å². The molecule has 0 aliphatic carbocycles. The van der Waals surface area contributed by atoms with Gasteiger partial charge in [-0.3, -0.25) is 67.1 Å². The molecule has 0 aromatic heterocycles. The molecule has 35 nitrogen and oxygen atoms in total. The van der Waals surface area contributed by atoms with Gasteiger partial charge in [0.15, 0.2) is 6.04 Å². The molecule has 450 valence electrons. The van der Waals surface area contributed by atoms with Crippen molar-refractivity contribution in [1.29, 1.82) is 0 Å². The second kappa shape index (κ2) is 34.5. The summed E-state index contributed by atoms with van der Waals surface area (Å²) in [7, 11) is 0. The monoisotopic (exact) mass is 1180 g/mol. The molecule has 1 rings (SSSR count). The first-order chi connectivity index (χ1) is 37.3. The lowest BCUT2D eigenvalue weighted by atomic mass is 10.0. The maximum absolute atomic E-state index is 14.2. The van der Waals surface area contributed by atoms with Crippen LogP contribution in [0.3, 0.4) is 0 Å². The SMILES string of the molecule is C[C@@H](O)[C@H](NC(=O)[C@H](CO)NC(=O)[C@H](CS)NC(=O)[C@H](CC(N)=O)NC(=O)[C@@H]1CCCN1C(=O)[C@H](CCC(=O)O)NC(=O)[C@H](CCC(=O)O)NC(=O)[C@@H](NC(=O)[C@H](CO)NC(=O)[C@H](CS)NC(=O)[C@@H](N)CC(=O)O)[C@@H](C)O)C(=O)O. The van der Waals surface area contributed by atoms with Gasteiger partial charge in [-0.25, -0.2) is 4.79 Å². The number of amides is 11. The Morgan fingerprint density at radius 1 is 0.512 bits per heavy atom. The number of carboxylic acids is 4. The van der Waals surface area contributed by atoms with E-state index in [0.29, 0.717) is 0 Å². The van der Waals surface area contributed by atoms with E-state index in [1.54, 1.807) is 0 Å². The Morgan fingerprint density at radius 3 is 1.34 bits per heavy atom. The highest BCUT2D eigenvalue weighted by atomic mass is 32.1. The van der Waals surface area contributed by atoms with Crippen LogP contribution in [0.5, 0.6) is 0 Å². The predicted molar refractivity (Wildman–Crippen MR) is 273 cm³/mol. The second-order valence-electron chi connectivity index (χ2n) is 17.9. The van der Waals surface area contributed by atoms with Crippen LogP contribution in [-0.2, 0) is 71.9 Å². The van der Waals surface area contributed by atoms with Gasteiger partial charge in [0.05, 0.1) is 44.3 Å². The van der Waals surface area contributed by atoms with Gasteiger partial charge in [-0.15, -0.1) is 0 Å². The van der Waals surface area contributed by atoms with Crippen molar-refractivity contribution >= 4 is 114 Å². The lowest BCUT2D eigenvalue weighted by Crippen LogP contribution is -2.62. The highest BCUT2D eigenvalue weighted by Crippen LogP contribution is 2.21. The molecular formula is C43H68N12O23S2. The molecule has 37 heteroatoms. The molecule has 1 aliphatic rings. The number of aliphatic hydroxyl groups is 4. The van der Waals surface area contributed by atoms with E-state index in [2.05, 4.69) is 62.5 Å². The Morgan fingerprint density at radius 2 is 0.912 bits per heavy atom. The summed E-state index contributed by atoms with van der Waals surface area (Å²) in [6.07, 6.45) is -8.41. The Bertz CT molecular complexity index is 2300. The quantitative estimate of drug-likeness (QED) is 0.0259. The highest BCUT2D eigenvalue weighted by Gasteiger charge is 2.41. The number of nitrogens with zero attached hydrogens (tertiary/aromatic N) is 1. The third-order valence-electron chi connectivity index (χ3n) is 11.5. The van der Waals surface area contributed by atoms with E-state index in [1.165, 1.54) is 0 Å². The minimum absolute atomic E-state index is 0.0717. The number of hydrogen-bond acceptors (Lipinski definition) is 22. The van der Waals surface area contributed by atoms with Gasteiger partial charge in [-0.05, 0) is 39.5 Å². The first-order valence-corrected chi connectivity index (χ1v) is 25.4. The van der Waals surface area contributed by atoms with Crippen molar-refractivity contribution in [2.45, 2.75) is 144 Å². The predicted octanol–water partition coefficient (Wildman–Crippen LogP) is -10.6. The molecule has 0 aromatic carbocycles. The van der Waals surface area contributed by atoms with Crippen LogP contribution in [-0.4, -0.2) is 245 Å². The normalized spacial score (nSPS) is 17.4. The van der Waals surface area contributed by atoms with Crippen LogP contribution in [0.15, 0.2) is 0 Å². The zero-order valence-electron chi connectivity index (χ0n) is 42.9. The first-order valence-electron chi connectivity index (χ1n) is 24.1. The molecule has 1 aliphatic heterocycles. The Balaban J connectivity index is 3.39. The molecule has 0 unspecified atom stereocenters. The zero-order chi connectivity index (χ0) is 61.3. The van der Waals surface area contributed by atoms with Gasteiger partial charge in [0.25, 0.3) is 0 Å². The Hall–Kier alpha value is -7.45. The summed E-state index contributed by atoms with van der Waals surface area (Å²) in [6, 6.07) is -19.7. The average Bonchev–Trinajstić information content (AvgIpc) is 3.87. The average molecular weight is 1190 g/mol. The van der Waals surface area contributed by atoms with Crippen molar-refractivity contribution < 1.29 is 113 Å². The third-order valence-corrected chi connectivity index (χ3v) is 12.3. The smallest absolute Gasteiger partial charge is 0.328 e. The summed E-state index contributed by atoms with van der Waals surface area (Å²) in [5.41, 5.74) is 10.8. The van der Waals surface area contributed by atoms with Gasteiger partial charge in [0.2, 0.25) is 65.0 Å². The van der Waals surface area contributed by atoms with Crippen molar-refractivity contribution in [3.63, 3.8) is 0 Å². The van der Waals surface area contributed by atoms with Crippen LogP contribution < -0.4 is 59.3 Å². The van der Waals surface area contributed by atoms with Gasteiger partial charge < -0.3 is 105 Å². The standard InChI is InChI=1S/C43H68N12O23S2/c1-16(58)31(53-36(70)22(12-56)49-38(72)24(14-79)51-33(67)18(44)10-30(65)66)41(75)46-19(5-7-28(61)62)34(68)47-20(6-8-29(63)64)42(76)55-9-3-4-26(55)40(74)48-21(11-27(45)60)35(69)52-25(15-80)39(73)50-23(13-57)37(71)54-32(17(2)59)43(77)78/h16-26,31-32,56-59,79-80H,3-15,44H2,1-2H3,(H2,45,60)(H,46,75)(H,47,68)(H,48,74)(H,49,72)(H,50,73)(H,51,67)(H,52,69)(H,53,70)(H,54,71)(H,61,62)(H,63,64)(H,65,66)(H,77,78)/t16-,17-,18+,19+,20+,21+,22+,23+,24+,25+,26+,31+,32+/m1/s1.